The van der Waals surface area contributed by atoms with E-state index in [9.17, 15) is 4.79 Å². The van der Waals surface area contributed by atoms with Gasteiger partial charge < -0.3 is 9.73 Å². The third kappa shape index (κ3) is 2.54. The van der Waals surface area contributed by atoms with Crippen LogP contribution in [0.4, 0.5) is 0 Å². The Labute approximate surface area is 116 Å². The molecule has 0 spiro atoms. The molecule has 1 aromatic carbocycles. The van der Waals surface area contributed by atoms with Crippen molar-refractivity contribution in [2.24, 2.45) is 0 Å². The Bertz CT molecular complexity index is 715. The zero-order valence-electron chi connectivity index (χ0n) is 10.9. The molecule has 0 atom stereocenters. The van der Waals surface area contributed by atoms with Crippen LogP contribution in [-0.2, 0) is 6.42 Å². The quantitative estimate of drug-likeness (QED) is 0.790. The summed E-state index contributed by atoms with van der Waals surface area (Å²) in [5.41, 5.74) is 2.12. The maximum Gasteiger partial charge on any atom is 0.286 e. The Morgan fingerprint density at radius 2 is 2.05 bits per heavy atom. The maximum atomic E-state index is 11.7. The minimum atomic E-state index is -0.191. The monoisotopic (exact) mass is 266 g/mol. The van der Waals surface area contributed by atoms with E-state index >= 15 is 0 Å². The van der Waals surface area contributed by atoms with E-state index in [4.69, 9.17) is 4.42 Å². The molecule has 20 heavy (non-hydrogen) atoms. The molecule has 0 fully saturated rings. The standard InChI is InChI=1S/C16H14N2O2/c19-16(14-7-3-11-20-14)18-10-8-13-5-1-4-12-6-2-9-17-15(12)13/h1-7,9,11H,8,10H2,(H,18,19). The molecule has 4 heteroatoms. The van der Waals surface area contributed by atoms with Crippen molar-refractivity contribution in [2.45, 2.75) is 6.42 Å². The smallest absolute Gasteiger partial charge is 0.286 e. The molecular weight excluding hydrogens is 252 g/mol. The third-order valence-corrected chi connectivity index (χ3v) is 3.14. The summed E-state index contributed by atoms with van der Waals surface area (Å²) in [6.07, 6.45) is 4.01. The van der Waals surface area contributed by atoms with Crippen LogP contribution in [-0.4, -0.2) is 17.4 Å². The number of para-hydroxylation sites is 1. The van der Waals surface area contributed by atoms with E-state index in [0.717, 1.165) is 22.9 Å². The number of hydrogen-bond acceptors (Lipinski definition) is 3. The van der Waals surface area contributed by atoms with Crippen LogP contribution in [0.25, 0.3) is 10.9 Å². The topological polar surface area (TPSA) is 55.1 Å². The van der Waals surface area contributed by atoms with Crippen molar-refractivity contribution >= 4 is 16.8 Å². The van der Waals surface area contributed by atoms with Crippen LogP contribution >= 0.6 is 0 Å². The molecule has 100 valence electrons. The number of aromatic nitrogens is 1. The maximum absolute atomic E-state index is 11.7. The van der Waals surface area contributed by atoms with Crippen molar-refractivity contribution in [3.8, 4) is 0 Å². The normalized spacial score (nSPS) is 10.6. The van der Waals surface area contributed by atoms with Gasteiger partial charge >= 0.3 is 0 Å². The highest BCUT2D eigenvalue weighted by Gasteiger charge is 2.08. The Morgan fingerprint density at radius 3 is 2.90 bits per heavy atom. The molecule has 3 rings (SSSR count). The first-order valence-corrected chi connectivity index (χ1v) is 6.49. The fourth-order valence-electron chi connectivity index (χ4n) is 2.17. The number of carbonyl (C=O) groups excluding carboxylic acids is 1. The Hall–Kier alpha value is -2.62. The van der Waals surface area contributed by atoms with Gasteiger partial charge in [0.1, 0.15) is 0 Å². The molecule has 0 bridgehead atoms. The SMILES string of the molecule is O=C(NCCc1cccc2cccnc12)c1ccco1. The summed E-state index contributed by atoms with van der Waals surface area (Å²) in [6.45, 7) is 0.551. The highest BCUT2D eigenvalue weighted by Crippen LogP contribution is 2.16. The lowest BCUT2D eigenvalue weighted by Gasteiger charge is -2.06. The molecular formula is C16H14N2O2. The number of rotatable bonds is 4. The number of furan rings is 1. The first-order chi connectivity index (χ1) is 9.84. The van der Waals surface area contributed by atoms with Gasteiger partial charge in [-0.15, -0.1) is 0 Å². The van der Waals surface area contributed by atoms with Crippen LogP contribution in [0.3, 0.4) is 0 Å². The van der Waals surface area contributed by atoms with E-state index < -0.39 is 0 Å². The molecule has 0 saturated carbocycles. The Balaban J connectivity index is 1.67. The van der Waals surface area contributed by atoms with E-state index in [1.54, 1.807) is 18.3 Å². The Kier molecular flexibility index (Phi) is 3.46. The number of nitrogens with one attached hydrogen (secondary N) is 1. The molecule has 0 saturated heterocycles. The fraction of sp³-hybridized carbons (Fsp3) is 0.125. The average Bonchev–Trinajstić information content (AvgIpc) is 3.02. The van der Waals surface area contributed by atoms with Crippen LogP contribution in [0.5, 0.6) is 0 Å². The van der Waals surface area contributed by atoms with Crippen molar-refractivity contribution in [3.05, 3.63) is 66.2 Å². The molecule has 1 N–H and O–H groups in total. The van der Waals surface area contributed by atoms with Gasteiger partial charge in [0, 0.05) is 18.1 Å². The second kappa shape index (κ2) is 5.57. The van der Waals surface area contributed by atoms with Crippen LogP contribution < -0.4 is 5.32 Å². The van der Waals surface area contributed by atoms with Gasteiger partial charge in [-0.25, -0.2) is 0 Å². The number of amides is 1. The summed E-state index contributed by atoms with van der Waals surface area (Å²) in [6, 6.07) is 13.4. The van der Waals surface area contributed by atoms with Crippen molar-refractivity contribution < 1.29 is 9.21 Å². The molecule has 3 aromatic rings. The largest absolute Gasteiger partial charge is 0.459 e. The van der Waals surface area contributed by atoms with Crippen LogP contribution in [0.15, 0.2) is 59.3 Å². The first-order valence-electron chi connectivity index (χ1n) is 6.49. The molecule has 0 aliphatic heterocycles. The molecule has 0 radical (unpaired) electrons. The molecule has 0 aliphatic rings. The highest BCUT2D eigenvalue weighted by molar-refractivity contribution is 5.91. The second-order valence-corrected chi connectivity index (χ2v) is 4.48. The van der Waals surface area contributed by atoms with Gasteiger partial charge in [0.25, 0.3) is 5.91 Å². The molecule has 0 unspecified atom stereocenters. The molecule has 1 amide bonds. The number of benzene rings is 1. The highest BCUT2D eigenvalue weighted by atomic mass is 16.3. The van der Waals surface area contributed by atoms with Crippen molar-refractivity contribution in [1.82, 2.24) is 10.3 Å². The lowest BCUT2D eigenvalue weighted by atomic mass is 10.1. The predicted octanol–water partition coefficient (Wildman–Crippen LogP) is 2.80. The van der Waals surface area contributed by atoms with E-state index in [0.29, 0.717) is 12.3 Å². The lowest BCUT2D eigenvalue weighted by molar-refractivity contribution is 0.0926. The lowest BCUT2D eigenvalue weighted by Crippen LogP contribution is -2.25. The number of pyridine rings is 1. The van der Waals surface area contributed by atoms with Crippen molar-refractivity contribution in [2.75, 3.05) is 6.54 Å². The fourth-order valence-corrected chi connectivity index (χ4v) is 2.17. The molecule has 0 aliphatic carbocycles. The average molecular weight is 266 g/mol. The summed E-state index contributed by atoms with van der Waals surface area (Å²) in [5.74, 6) is 0.143. The molecule has 2 aromatic heterocycles. The van der Waals surface area contributed by atoms with Gasteiger partial charge in [0.15, 0.2) is 5.76 Å². The third-order valence-electron chi connectivity index (χ3n) is 3.14. The number of carbonyl (C=O) groups is 1. The summed E-state index contributed by atoms with van der Waals surface area (Å²) in [7, 11) is 0. The van der Waals surface area contributed by atoms with Gasteiger partial charge in [0.05, 0.1) is 11.8 Å². The van der Waals surface area contributed by atoms with E-state index in [1.165, 1.54) is 6.26 Å². The summed E-state index contributed by atoms with van der Waals surface area (Å²) >= 11 is 0. The summed E-state index contributed by atoms with van der Waals surface area (Å²) < 4.78 is 5.04. The van der Waals surface area contributed by atoms with E-state index in [-0.39, 0.29) is 5.91 Å². The van der Waals surface area contributed by atoms with E-state index in [2.05, 4.69) is 10.3 Å². The minimum absolute atomic E-state index is 0.191. The summed E-state index contributed by atoms with van der Waals surface area (Å²) in [4.78, 5) is 16.1. The van der Waals surface area contributed by atoms with Gasteiger partial charge in [-0.3, -0.25) is 9.78 Å². The predicted molar refractivity (Wildman–Crippen MR) is 76.5 cm³/mol. The number of hydrogen-bond donors (Lipinski definition) is 1. The van der Waals surface area contributed by atoms with Gasteiger partial charge in [-0.2, -0.15) is 0 Å². The zero-order valence-corrected chi connectivity index (χ0v) is 10.9. The van der Waals surface area contributed by atoms with Gasteiger partial charge in [-0.05, 0) is 30.2 Å². The summed E-state index contributed by atoms with van der Waals surface area (Å²) in [5, 5.41) is 3.95. The van der Waals surface area contributed by atoms with Crippen molar-refractivity contribution in [1.29, 1.82) is 0 Å². The first kappa shape index (κ1) is 12.4. The van der Waals surface area contributed by atoms with Crippen molar-refractivity contribution in [3.63, 3.8) is 0 Å². The number of fused-ring (bicyclic) bond motifs is 1. The zero-order chi connectivity index (χ0) is 13.8. The van der Waals surface area contributed by atoms with Gasteiger partial charge in [0.2, 0.25) is 0 Å². The van der Waals surface area contributed by atoms with E-state index in [1.807, 2.05) is 30.3 Å². The Morgan fingerprint density at radius 1 is 1.15 bits per heavy atom. The molecule has 4 nitrogen and oxygen atoms in total. The molecule has 2 heterocycles. The van der Waals surface area contributed by atoms with Gasteiger partial charge in [-0.1, -0.05) is 24.3 Å². The van der Waals surface area contributed by atoms with Crippen LogP contribution in [0.2, 0.25) is 0 Å². The van der Waals surface area contributed by atoms with Crippen LogP contribution in [0.1, 0.15) is 16.1 Å². The number of nitrogens with zero attached hydrogens (tertiary/aromatic N) is 1. The van der Waals surface area contributed by atoms with Crippen LogP contribution in [0, 0.1) is 0 Å². The minimum Gasteiger partial charge on any atom is -0.459 e. The second-order valence-electron chi connectivity index (χ2n) is 4.48.